The number of benzene rings is 1. The third kappa shape index (κ3) is 1.96. The summed E-state index contributed by atoms with van der Waals surface area (Å²) in [7, 11) is 1.02. The standard InChI is InChI=1S/C20H27BO6/c1-11-9-20-18(11,4)10-19(20,5)26-21(27-20)12-7-8-13(23-6)14-15(12)24-17(2,3)25-16(14)22/h7-8,11,16,22H,9-10H2,1-6H3/t11?,16?,18?,19-,20?/m0/s1. The molecule has 1 N–H and O–H groups in total. The Balaban J connectivity index is 1.57. The van der Waals surface area contributed by atoms with Crippen LogP contribution in [0.5, 0.6) is 11.5 Å². The van der Waals surface area contributed by atoms with Crippen LogP contribution in [0.4, 0.5) is 0 Å². The van der Waals surface area contributed by atoms with E-state index in [1.165, 1.54) is 0 Å². The van der Waals surface area contributed by atoms with Crippen LogP contribution in [0.1, 0.15) is 59.3 Å². The van der Waals surface area contributed by atoms with Crippen molar-refractivity contribution in [2.24, 2.45) is 11.3 Å². The van der Waals surface area contributed by atoms with Crippen LogP contribution in [0, 0.1) is 11.3 Å². The third-order valence-corrected chi connectivity index (χ3v) is 7.49. The Bertz CT molecular complexity index is 827. The van der Waals surface area contributed by atoms with Gasteiger partial charge in [-0.25, -0.2) is 0 Å². The highest BCUT2D eigenvalue weighted by atomic mass is 16.8. The van der Waals surface area contributed by atoms with Crippen LogP contribution in [0.3, 0.4) is 0 Å². The summed E-state index contributed by atoms with van der Waals surface area (Å²) in [5.41, 5.74) is 0.883. The van der Waals surface area contributed by atoms with Gasteiger partial charge in [-0.1, -0.05) is 19.9 Å². The zero-order chi connectivity index (χ0) is 19.4. The maximum atomic E-state index is 10.6. The number of aliphatic hydroxyl groups excluding tert-OH is 1. The van der Waals surface area contributed by atoms with E-state index in [0.717, 1.165) is 18.3 Å². The molecule has 7 heteroatoms. The molecule has 1 aromatic carbocycles. The van der Waals surface area contributed by atoms with Crippen LogP contribution in [-0.4, -0.2) is 36.3 Å². The molecule has 6 nitrogen and oxygen atoms in total. The maximum Gasteiger partial charge on any atom is 0.498 e. The molecule has 4 aliphatic rings. The monoisotopic (exact) mass is 374 g/mol. The molecule has 0 amide bonds. The molecule has 2 aliphatic heterocycles. The number of aliphatic hydroxyl groups is 1. The number of fused-ring (bicyclic) bond motifs is 1. The third-order valence-electron chi connectivity index (χ3n) is 7.49. The summed E-state index contributed by atoms with van der Waals surface area (Å²) >= 11 is 0. The summed E-state index contributed by atoms with van der Waals surface area (Å²) in [4.78, 5) is 0. The van der Waals surface area contributed by atoms with Crippen LogP contribution >= 0.6 is 0 Å². The fraction of sp³-hybridized carbons (Fsp3) is 0.700. The topological polar surface area (TPSA) is 66.4 Å². The minimum atomic E-state index is -1.14. The average molecular weight is 374 g/mol. The molecule has 1 saturated heterocycles. The molecule has 2 heterocycles. The van der Waals surface area contributed by atoms with Crippen LogP contribution in [0.25, 0.3) is 0 Å². The highest BCUT2D eigenvalue weighted by Gasteiger charge is 2.83. The molecule has 2 aliphatic carbocycles. The summed E-state index contributed by atoms with van der Waals surface area (Å²) < 4.78 is 30.1. The molecule has 1 aromatic rings. The molecule has 2 saturated carbocycles. The fourth-order valence-electron chi connectivity index (χ4n) is 5.95. The highest BCUT2D eigenvalue weighted by molar-refractivity contribution is 6.63. The molecular formula is C20H27BO6. The molecule has 27 heavy (non-hydrogen) atoms. The summed E-state index contributed by atoms with van der Waals surface area (Å²) in [6.07, 6.45) is 0.862. The van der Waals surface area contributed by atoms with Gasteiger partial charge in [-0.2, -0.15) is 0 Å². The first-order valence-corrected chi connectivity index (χ1v) is 9.67. The first kappa shape index (κ1) is 17.8. The molecule has 3 fully saturated rings. The van der Waals surface area contributed by atoms with Gasteiger partial charge in [-0.3, -0.25) is 0 Å². The summed E-state index contributed by atoms with van der Waals surface area (Å²) in [6, 6.07) is 3.71. The minimum Gasteiger partial charge on any atom is -0.496 e. The number of hydrogen-bond donors (Lipinski definition) is 1. The van der Waals surface area contributed by atoms with Gasteiger partial charge in [0.2, 0.25) is 5.79 Å². The Morgan fingerprint density at radius 2 is 1.93 bits per heavy atom. The van der Waals surface area contributed by atoms with Crippen molar-refractivity contribution < 1.29 is 28.6 Å². The Morgan fingerprint density at radius 1 is 1.19 bits per heavy atom. The van der Waals surface area contributed by atoms with E-state index in [4.69, 9.17) is 23.5 Å². The van der Waals surface area contributed by atoms with E-state index in [2.05, 4.69) is 20.8 Å². The number of methoxy groups -OCH3 is 1. The predicted molar refractivity (Wildman–Crippen MR) is 98.9 cm³/mol. The van der Waals surface area contributed by atoms with Gasteiger partial charge in [0.25, 0.3) is 0 Å². The van der Waals surface area contributed by atoms with E-state index >= 15 is 0 Å². The molecule has 1 spiro atoms. The number of hydrogen-bond acceptors (Lipinski definition) is 6. The van der Waals surface area contributed by atoms with Gasteiger partial charge in [0.15, 0.2) is 6.29 Å². The molecule has 0 radical (unpaired) electrons. The molecule has 0 bridgehead atoms. The first-order chi connectivity index (χ1) is 12.6. The van der Waals surface area contributed by atoms with Crippen LogP contribution in [0.2, 0.25) is 0 Å². The zero-order valence-corrected chi connectivity index (χ0v) is 16.8. The average Bonchev–Trinajstić information content (AvgIpc) is 2.84. The molecule has 4 unspecified atom stereocenters. The lowest BCUT2D eigenvalue weighted by atomic mass is 9.34. The van der Waals surface area contributed by atoms with E-state index in [0.29, 0.717) is 23.0 Å². The summed E-state index contributed by atoms with van der Waals surface area (Å²) in [5.74, 6) is 0.707. The van der Waals surface area contributed by atoms with Crippen molar-refractivity contribution in [3.05, 3.63) is 17.7 Å². The van der Waals surface area contributed by atoms with Crippen LogP contribution in [0.15, 0.2) is 12.1 Å². The quantitative estimate of drug-likeness (QED) is 0.803. The molecule has 146 valence electrons. The Hall–Kier alpha value is -1.28. The lowest BCUT2D eigenvalue weighted by Gasteiger charge is -2.75. The smallest absolute Gasteiger partial charge is 0.496 e. The number of rotatable bonds is 2. The maximum absolute atomic E-state index is 10.6. The van der Waals surface area contributed by atoms with Crippen molar-refractivity contribution in [3.8, 4) is 11.5 Å². The van der Waals surface area contributed by atoms with E-state index in [1.54, 1.807) is 27.0 Å². The lowest BCUT2D eigenvalue weighted by Crippen LogP contribution is -2.80. The van der Waals surface area contributed by atoms with Gasteiger partial charge in [0, 0.05) is 24.7 Å². The van der Waals surface area contributed by atoms with Gasteiger partial charge in [-0.15, -0.1) is 0 Å². The summed E-state index contributed by atoms with van der Waals surface area (Å²) in [5, 5.41) is 10.6. The van der Waals surface area contributed by atoms with E-state index in [-0.39, 0.29) is 16.6 Å². The van der Waals surface area contributed by atoms with Crippen molar-refractivity contribution in [2.45, 2.75) is 70.7 Å². The minimum absolute atomic E-state index is 0.159. The Labute approximate surface area is 160 Å². The normalized spacial score (nSPS) is 43.6. The van der Waals surface area contributed by atoms with Crippen molar-refractivity contribution in [3.63, 3.8) is 0 Å². The van der Waals surface area contributed by atoms with Crippen molar-refractivity contribution >= 4 is 12.6 Å². The van der Waals surface area contributed by atoms with Gasteiger partial charge < -0.3 is 28.6 Å². The van der Waals surface area contributed by atoms with E-state index < -0.39 is 19.2 Å². The van der Waals surface area contributed by atoms with Crippen molar-refractivity contribution in [1.82, 2.24) is 0 Å². The predicted octanol–water partition coefficient (Wildman–Crippen LogP) is 2.52. The van der Waals surface area contributed by atoms with Gasteiger partial charge >= 0.3 is 7.12 Å². The van der Waals surface area contributed by atoms with E-state index in [9.17, 15) is 5.11 Å². The molecular weight excluding hydrogens is 347 g/mol. The Morgan fingerprint density at radius 3 is 2.56 bits per heavy atom. The zero-order valence-electron chi connectivity index (χ0n) is 16.8. The summed E-state index contributed by atoms with van der Waals surface area (Å²) in [6.45, 7) is 10.3. The van der Waals surface area contributed by atoms with E-state index in [1.807, 2.05) is 6.07 Å². The second-order valence-corrected chi connectivity index (χ2v) is 9.40. The van der Waals surface area contributed by atoms with Gasteiger partial charge in [0.1, 0.15) is 11.5 Å². The molecule has 5 atom stereocenters. The first-order valence-electron chi connectivity index (χ1n) is 9.67. The molecule has 5 rings (SSSR count). The fourth-order valence-corrected chi connectivity index (χ4v) is 5.95. The second-order valence-electron chi connectivity index (χ2n) is 9.40. The lowest BCUT2D eigenvalue weighted by molar-refractivity contribution is -0.319. The van der Waals surface area contributed by atoms with Crippen molar-refractivity contribution in [1.29, 1.82) is 0 Å². The van der Waals surface area contributed by atoms with Gasteiger partial charge in [-0.05, 0) is 31.7 Å². The van der Waals surface area contributed by atoms with Crippen LogP contribution in [-0.2, 0) is 14.0 Å². The number of ether oxygens (including phenoxy) is 3. The van der Waals surface area contributed by atoms with Gasteiger partial charge in [0.05, 0.1) is 23.9 Å². The highest BCUT2D eigenvalue weighted by Crippen LogP contribution is 2.76. The SMILES string of the molecule is COc1ccc(B2OC34CC(C)C3(C)C[C@]4(C)O2)c2c1C(O)OC(C)(C)O2. The largest absolute Gasteiger partial charge is 0.498 e. The van der Waals surface area contributed by atoms with Crippen molar-refractivity contribution in [2.75, 3.05) is 7.11 Å². The second kappa shape index (κ2) is 5.01. The molecule has 0 aromatic heterocycles. The van der Waals surface area contributed by atoms with Crippen LogP contribution < -0.4 is 14.9 Å². The Kier molecular flexibility index (Phi) is 3.30.